The molecular weight excluding hydrogens is 444 g/mol. The maximum atomic E-state index is 11.1. The van der Waals surface area contributed by atoms with Crippen molar-refractivity contribution in [2.24, 2.45) is 0 Å². The number of aryl methyl sites for hydroxylation is 1. The number of rotatable bonds is 8. The van der Waals surface area contributed by atoms with Gasteiger partial charge in [0.2, 0.25) is 0 Å². The molecule has 0 bridgehead atoms. The summed E-state index contributed by atoms with van der Waals surface area (Å²) < 4.78 is 2.09. The SMILES string of the molecule is CCc1c(-c2ccccc2)c(-c2ccccc2)nn1-c1ccccc1-c1cccc(CCC(=O)O)c1. The summed E-state index contributed by atoms with van der Waals surface area (Å²) in [4.78, 5) is 11.1. The van der Waals surface area contributed by atoms with Crippen LogP contribution < -0.4 is 0 Å². The van der Waals surface area contributed by atoms with Gasteiger partial charge >= 0.3 is 5.97 Å². The summed E-state index contributed by atoms with van der Waals surface area (Å²) in [5.41, 5.74) is 9.61. The highest BCUT2D eigenvalue weighted by atomic mass is 16.4. The molecule has 36 heavy (non-hydrogen) atoms. The molecule has 4 aromatic carbocycles. The Balaban J connectivity index is 1.70. The zero-order valence-corrected chi connectivity index (χ0v) is 20.3. The van der Waals surface area contributed by atoms with Gasteiger partial charge in [-0.05, 0) is 35.6 Å². The van der Waals surface area contributed by atoms with E-state index in [0.717, 1.165) is 56.9 Å². The van der Waals surface area contributed by atoms with Gasteiger partial charge in [-0.25, -0.2) is 4.68 Å². The lowest BCUT2D eigenvalue weighted by Gasteiger charge is -2.14. The van der Waals surface area contributed by atoms with E-state index >= 15 is 0 Å². The van der Waals surface area contributed by atoms with E-state index in [2.05, 4.69) is 72.3 Å². The number of para-hydroxylation sites is 1. The highest BCUT2D eigenvalue weighted by Gasteiger charge is 2.22. The lowest BCUT2D eigenvalue weighted by atomic mass is 9.97. The first kappa shape index (κ1) is 23.3. The molecule has 0 amide bonds. The first-order valence-corrected chi connectivity index (χ1v) is 12.3. The van der Waals surface area contributed by atoms with Crippen molar-refractivity contribution in [3.05, 3.63) is 120 Å². The van der Waals surface area contributed by atoms with Crippen molar-refractivity contribution in [1.82, 2.24) is 9.78 Å². The second kappa shape index (κ2) is 10.4. The Bertz CT molecular complexity index is 1490. The smallest absolute Gasteiger partial charge is 0.303 e. The van der Waals surface area contributed by atoms with Gasteiger partial charge < -0.3 is 5.11 Å². The largest absolute Gasteiger partial charge is 0.481 e. The van der Waals surface area contributed by atoms with E-state index in [-0.39, 0.29) is 6.42 Å². The van der Waals surface area contributed by atoms with Crippen LogP contribution in [0.25, 0.3) is 39.2 Å². The first-order valence-electron chi connectivity index (χ1n) is 12.3. The Morgan fingerprint density at radius 3 is 2.11 bits per heavy atom. The van der Waals surface area contributed by atoms with Crippen LogP contribution >= 0.6 is 0 Å². The number of hydrogen-bond donors (Lipinski definition) is 1. The summed E-state index contributed by atoms with van der Waals surface area (Å²) in [5.74, 6) is -0.785. The fraction of sp³-hybridized carbons (Fsp3) is 0.125. The zero-order chi connectivity index (χ0) is 24.9. The van der Waals surface area contributed by atoms with Crippen molar-refractivity contribution in [1.29, 1.82) is 0 Å². The summed E-state index contributed by atoms with van der Waals surface area (Å²) in [5, 5.41) is 14.3. The fourth-order valence-corrected chi connectivity index (χ4v) is 4.73. The summed E-state index contributed by atoms with van der Waals surface area (Å²) in [6.07, 6.45) is 1.44. The van der Waals surface area contributed by atoms with E-state index in [1.807, 2.05) is 48.5 Å². The zero-order valence-electron chi connectivity index (χ0n) is 20.3. The van der Waals surface area contributed by atoms with Crippen LogP contribution in [0.1, 0.15) is 24.6 Å². The van der Waals surface area contributed by atoms with Gasteiger partial charge in [0.05, 0.1) is 11.4 Å². The van der Waals surface area contributed by atoms with E-state index in [1.54, 1.807) is 0 Å². The second-order valence-corrected chi connectivity index (χ2v) is 8.78. The second-order valence-electron chi connectivity index (χ2n) is 8.78. The maximum absolute atomic E-state index is 11.1. The molecule has 1 aromatic heterocycles. The third-order valence-electron chi connectivity index (χ3n) is 6.42. The van der Waals surface area contributed by atoms with Gasteiger partial charge in [-0.1, -0.05) is 110 Å². The molecule has 0 aliphatic rings. The van der Waals surface area contributed by atoms with E-state index in [0.29, 0.717) is 6.42 Å². The van der Waals surface area contributed by atoms with Gasteiger partial charge in [0.25, 0.3) is 0 Å². The Labute approximate surface area is 211 Å². The highest BCUT2D eigenvalue weighted by Crippen LogP contribution is 2.38. The molecule has 0 aliphatic carbocycles. The Kier molecular flexibility index (Phi) is 6.76. The van der Waals surface area contributed by atoms with E-state index in [1.165, 1.54) is 0 Å². The van der Waals surface area contributed by atoms with Crippen LogP contribution in [0.4, 0.5) is 0 Å². The molecule has 0 spiro atoms. The van der Waals surface area contributed by atoms with E-state index < -0.39 is 5.97 Å². The minimum Gasteiger partial charge on any atom is -0.481 e. The molecule has 0 unspecified atom stereocenters. The predicted molar refractivity (Wildman–Crippen MR) is 145 cm³/mol. The lowest BCUT2D eigenvalue weighted by Crippen LogP contribution is -2.04. The molecule has 1 N–H and O–H groups in total. The van der Waals surface area contributed by atoms with E-state index in [9.17, 15) is 4.79 Å². The quantitative estimate of drug-likeness (QED) is 0.255. The van der Waals surface area contributed by atoms with E-state index in [4.69, 9.17) is 10.2 Å². The van der Waals surface area contributed by atoms with Gasteiger partial charge in [0.15, 0.2) is 0 Å². The Morgan fingerprint density at radius 2 is 1.42 bits per heavy atom. The molecule has 5 aromatic rings. The predicted octanol–water partition coefficient (Wildman–Crippen LogP) is 7.45. The average Bonchev–Trinajstić information content (AvgIpc) is 3.32. The molecule has 5 rings (SSSR count). The van der Waals surface area contributed by atoms with Crippen LogP contribution in [-0.2, 0) is 17.6 Å². The van der Waals surface area contributed by atoms with Crippen molar-refractivity contribution >= 4 is 5.97 Å². The third kappa shape index (κ3) is 4.71. The number of carboxylic acids is 1. The lowest BCUT2D eigenvalue weighted by molar-refractivity contribution is -0.136. The van der Waals surface area contributed by atoms with Crippen molar-refractivity contribution in [3.8, 4) is 39.2 Å². The number of aliphatic carboxylic acids is 1. The number of aromatic nitrogens is 2. The van der Waals surface area contributed by atoms with Crippen molar-refractivity contribution in [2.75, 3.05) is 0 Å². The molecule has 0 saturated heterocycles. The van der Waals surface area contributed by atoms with Gasteiger partial charge in [-0.2, -0.15) is 5.10 Å². The molecule has 4 heteroatoms. The average molecular weight is 473 g/mol. The maximum Gasteiger partial charge on any atom is 0.303 e. The molecule has 1 heterocycles. The van der Waals surface area contributed by atoms with Gasteiger partial charge in [-0.15, -0.1) is 0 Å². The van der Waals surface area contributed by atoms with Crippen LogP contribution in [0.15, 0.2) is 109 Å². The molecule has 0 saturated carbocycles. The number of nitrogens with zero attached hydrogens (tertiary/aromatic N) is 2. The number of hydrogen-bond acceptors (Lipinski definition) is 2. The number of carboxylic acid groups (broad SMARTS) is 1. The van der Waals surface area contributed by atoms with Crippen LogP contribution in [-0.4, -0.2) is 20.9 Å². The highest BCUT2D eigenvalue weighted by molar-refractivity contribution is 5.84. The standard InChI is InChI=1S/C32H28N2O2/c1-2-28-31(24-13-5-3-6-14-24)32(25-15-7-4-8-16-25)33-34(28)29-19-10-9-18-27(29)26-17-11-12-23(22-26)20-21-30(35)36/h3-19,22H,2,20-21H2,1H3,(H,35,36). The van der Waals surface area contributed by atoms with Crippen LogP contribution in [0, 0.1) is 0 Å². The van der Waals surface area contributed by atoms with Crippen LogP contribution in [0.2, 0.25) is 0 Å². The fourth-order valence-electron chi connectivity index (χ4n) is 4.73. The summed E-state index contributed by atoms with van der Waals surface area (Å²) >= 11 is 0. The van der Waals surface area contributed by atoms with Crippen LogP contribution in [0.3, 0.4) is 0 Å². The first-order chi connectivity index (χ1) is 17.7. The molecule has 178 valence electrons. The van der Waals surface area contributed by atoms with Gasteiger partial charge in [0.1, 0.15) is 5.69 Å². The Hall–Kier alpha value is -4.44. The third-order valence-corrected chi connectivity index (χ3v) is 6.42. The van der Waals surface area contributed by atoms with Crippen molar-refractivity contribution < 1.29 is 9.90 Å². The van der Waals surface area contributed by atoms with Crippen LogP contribution in [0.5, 0.6) is 0 Å². The Morgan fingerprint density at radius 1 is 0.778 bits per heavy atom. The van der Waals surface area contributed by atoms with Gasteiger partial charge in [0, 0.05) is 23.1 Å². The summed E-state index contributed by atoms with van der Waals surface area (Å²) in [6.45, 7) is 2.17. The molecule has 0 radical (unpaired) electrons. The summed E-state index contributed by atoms with van der Waals surface area (Å²) in [6, 6.07) is 37.2. The molecule has 0 fully saturated rings. The minimum atomic E-state index is -0.785. The summed E-state index contributed by atoms with van der Waals surface area (Å²) in [7, 11) is 0. The van der Waals surface area contributed by atoms with Gasteiger partial charge in [-0.3, -0.25) is 4.79 Å². The molecule has 0 atom stereocenters. The molecular formula is C32H28N2O2. The van der Waals surface area contributed by atoms with Crippen molar-refractivity contribution in [2.45, 2.75) is 26.2 Å². The number of carbonyl (C=O) groups is 1. The minimum absolute atomic E-state index is 0.116. The van der Waals surface area contributed by atoms with Crippen molar-refractivity contribution in [3.63, 3.8) is 0 Å². The molecule has 4 nitrogen and oxygen atoms in total. The normalized spacial score (nSPS) is 10.9. The monoisotopic (exact) mass is 472 g/mol. The number of benzene rings is 4. The molecule has 0 aliphatic heterocycles. The topological polar surface area (TPSA) is 55.1 Å².